The summed E-state index contributed by atoms with van der Waals surface area (Å²) in [4.78, 5) is 32.4. The van der Waals surface area contributed by atoms with Gasteiger partial charge in [0.2, 0.25) is 5.91 Å². The van der Waals surface area contributed by atoms with E-state index < -0.39 is 5.92 Å². The molecule has 1 heterocycles. The van der Waals surface area contributed by atoms with Gasteiger partial charge in [-0.15, -0.1) is 0 Å². The molecule has 0 spiro atoms. The maximum Gasteiger partial charge on any atom is 0.263 e. The van der Waals surface area contributed by atoms with Gasteiger partial charge in [0.15, 0.2) is 5.17 Å². The lowest BCUT2D eigenvalue weighted by atomic mass is 9.97. The van der Waals surface area contributed by atoms with Gasteiger partial charge in [0.05, 0.1) is 5.75 Å². The average Bonchev–Trinajstić information content (AvgIpc) is 3.06. The highest BCUT2D eigenvalue weighted by atomic mass is 32.2. The highest BCUT2D eigenvalue weighted by molar-refractivity contribution is 8.14. The quantitative estimate of drug-likeness (QED) is 0.870. The lowest BCUT2D eigenvalue weighted by Crippen LogP contribution is -2.35. The number of hydrogen-bond donors (Lipinski definition) is 2. The van der Waals surface area contributed by atoms with Gasteiger partial charge in [0.1, 0.15) is 11.8 Å². The summed E-state index contributed by atoms with van der Waals surface area (Å²) >= 11 is 1.14. The SMILES string of the molecule is NC1=NC(SCC(=O)NC2CCCC2)=NC(=O)C1c1ccccc1. The van der Waals surface area contributed by atoms with E-state index in [0.717, 1.165) is 30.2 Å². The van der Waals surface area contributed by atoms with Gasteiger partial charge >= 0.3 is 0 Å². The van der Waals surface area contributed by atoms with E-state index in [4.69, 9.17) is 5.73 Å². The number of thioether (sulfide) groups is 1. The molecule has 3 rings (SSSR count). The number of nitrogens with two attached hydrogens (primary N) is 1. The topological polar surface area (TPSA) is 96.9 Å². The molecule has 0 aromatic heterocycles. The van der Waals surface area contributed by atoms with Crippen molar-refractivity contribution in [2.45, 2.75) is 37.6 Å². The molecule has 24 heavy (non-hydrogen) atoms. The Kier molecular flexibility index (Phi) is 5.30. The molecular formula is C17H20N4O2S. The van der Waals surface area contributed by atoms with Crippen LogP contribution in [0.15, 0.2) is 40.3 Å². The second-order valence-electron chi connectivity index (χ2n) is 5.95. The zero-order valence-corrected chi connectivity index (χ0v) is 14.1. The number of nitrogens with zero attached hydrogens (tertiary/aromatic N) is 2. The number of amidine groups is 2. The van der Waals surface area contributed by atoms with E-state index >= 15 is 0 Å². The number of benzene rings is 1. The van der Waals surface area contributed by atoms with Crippen LogP contribution in [0.25, 0.3) is 0 Å². The molecule has 2 amide bonds. The number of rotatable bonds is 4. The third kappa shape index (κ3) is 4.03. The van der Waals surface area contributed by atoms with Crippen LogP contribution in [0.2, 0.25) is 0 Å². The van der Waals surface area contributed by atoms with Crippen molar-refractivity contribution in [1.82, 2.24) is 5.32 Å². The summed E-state index contributed by atoms with van der Waals surface area (Å²) in [6, 6.07) is 9.50. The molecule has 1 fully saturated rings. The molecule has 0 radical (unpaired) electrons. The van der Waals surface area contributed by atoms with Crippen molar-refractivity contribution in [2.75, 3.05) is 5.75 Å². The third-order valence-electron chi connectivity index (χ3n) is 4.16. The highest BCUT2D eigenvalue weighted by Gasteiger charge is 2.29. The van der Waals surface area contributed by atoms with Gasteiger partial charge in [-0.05, 0) is 18.4 Å². The van der Waals surface area contributed by atoms with Crippen LogP contribution < -0.4 is 11.1 Å². The maximum atomic E-state index is 12.3. The van der Waals surface area contributed by atoms with Crippen LogP contribution in [0.1, 0.15) is 37.2 Å². The summed E-state index contributed by atoms with van der Waals surface area (Å²) in [5.41, 5.74) is 6.74. The fraction of sp³-hybridized carbons (Fsp3) is 0.412. The molecule has 3 N–H and O–H groups in total. The average molecular weight is 344 g/mol. The fourth-order valence-corrected chi connectivity index (χ4v) is 3.65. The van der Waals surface area contributed by atoms with E-state index in [0.29, 0.717) is 0 Å². The first-order valence-electron chi connectivity index (χ1n) is 8.07. The van der Waals surface area contributed by atoms with Gasteiger partial charge in [-0.1, -0.05) is 54.9 Å². The summed E-state index contributed by atoms with van der Waals surface area (Å²) < 4.78 is 0. The van der Waals surface area contributed by atoms with Gasteiger partial charge in [-0.3, -0.25) is 9.59 Å². The normalized spacial score (nSPS) is 21.3. The van der Waals surface area contributed by atoms with E-state index in [2.05, 4.69) is 15.3 Å². The lowest BCUT2D eigenvalue weighted by molar-refractivity contribution is -0.119. The minimum atomic E-state index is -0.636. The molecular weight excluding hydrogens is 324 g/mol. The standard InChI is InChI=1S/C17H20N4O2S/c18-15-14(11-6-2-1-3-7-11)16(23)21-17(20-15)24-10-13(22)19-12-8-4-5-9-12/h1-3,6-7,12,14H,4-5,8-10H2,(H,19,22)(H2,18,20,21,23). The van der Waals surface area contributed by atoms with Crippen LogP contribution in [0.5, 0.6) is 0 Å². The third-order valence-corrected chi connectivity index (χ3v) is 5.01. The molecule has 1 unspecified atom stereocenters. The molecule has 126 valence electrons. The Hall–Kier alpha value is -2.15. The first kappa shape index (κ1) is 16.7. The van der Waals surface area contributed by atoms with Gasteiger partial charge in [-0.25, -0.2) is 4.99 Å². The molecule has 1 atom stereocenters. The van der Waals surface area contributed by atoms with Crippen LogP contribution in [0.3, 0.4) is 0 Å². The number of carbonyl (C=O) groups is 2. The molecule has 6 nitrogen and oxygen atoms in total. The van der Waals surface area contributed by atoms with Crippen LogP contribution >= 0.6 is 11.8 Å². The molecule has 1 aromatic rings. The Balaban J connectivity index is 1.58. The summed E-state index contributed by atoms with van der Waals surface area (Å²) in [7, 11) is 0. The monoisotopic (exact) mass is 344 g/mol. The number of hydrogen-bond acceptors (Lipinski definition) is 5. The molecule has 1 aromatic carbocycles. The van der Waals surface area contributed by atoms with Crippen molar-refractivity contribution in [3.8, 4) is 0 Å². The summed E-state index contributed by atoms with van der Waals surface area (Å²) in [5, 5.41) is 3.25. The fourth-order valence-electron chi connectivity index (χ4n) is 2.98. The van der Waals surface area contributed by atoms with Gasteiger partial charge in [0.25, 0.3) is 5.91 Å². The zero-order valence-electron chi connectivity index (χ0n) is 13.3. The summed E-state index contributed by atoms with van der Waals surface area (Å²) in [6.45, 7) is 0. The molecule has 1 aliphatic carbocycles. The molecule has 0 bridgehead atoms. The van der Waals surface area contributed by atoms with Crippen molar-refractivity contribution >= 4 is 34.6 Å². The summed E-state index contributed by atoms with van der Waals surface area (Å²) in [6.07, 6.45) is 4.42. The number of amides is 2. The van der Waals surface area contributed by atoms with Crippen LogP contribution in [-0.2, 0) is 9.59 Å². The number of carbonyl (C=O) groups excluding carboxylic acids is 2. The minimum Gasteiger partial charge on any atom is -0.386 e. The molecule has 1 aliphatic heterocycles. The van der Waals surface area contributed by atoms with E-state index in [9.17, 15) is 9.59 Å². The number of nitrogens with one attached hydrogen (secondary N) is 1. The largest absolute Gasteiger partial charge is 0.386 e. The molecule has 1 saturated carbocycles. The van der Waals surface area contributed by atoms with Crippen molar-refractivity contribution in [1.29, 1.82) is 0 Å². The van der Waals surface area contributed by atoms with Crippen molar-refractivity contribution in [3.63, 3.8) is 0 Å². The maximum absolute atomic E-state index is 12.3. The Bertz CT molecular complexity index is 681. The van der Waals surface area contributed by atoms with Crippen molar-refractivity contribution < 1.29 is 9.59 Å². The zero-order chi connectivity index (χ0) is 16.9. The van der Waals surface area contributed by atoms with E-state index in [1.54, 1.807) is 0 Å². The number of aliphatic imine (C=N–C) groups is 2. The van der Waals surface area contributed by atoms with Crippen molar-refractivity contribution in [3.05, 3.63) is 35.9 Å². The second-order valence-corrected chi connectivity index (χ2v) is 6.89. The first-order valence-corrected chi connectivity index (χ1v) is 9.06. The van der Waals surface area contributed by atoms with Gasteiger partial charge in [0, 0.05) is 6.04 Å². The smallest absolute Gasteiger partial charge is 0.263 e. The van der Waals surface area contributed by atoms with Crippen LogP contribution in [0, 0.1) is 0 Å². The van der Waals surface area contributed by atoms with E-state index in [-0.39, 0.29) is 34.6 Å². The van der Waals surface area contributed by atoms with Crippen LogP contribution in [0.4, 0.5) is 0 Å². The predicted octanol–water partition coefficient (Wildman–Crippen LogP) is 1.82. The Morgan fingerprint density at radius 1 is 1.21 bits per heavy atom. The van der Waals surface area contributed by atoms with Gasteiger partial charge < -0.3 is 11.1 Å². The molecule has 2 aliphatic rings. The first-order chi connectivity index (χ1) is 11.6. The Morgan fingerprint density at radius 3 is 2.58 bits per heavy atom. The second kappa shape index (κ2) is 7.61. The molecule has 0 saturated heterocycles. The molecule has 7 heteroatoms. The lowest BCUT2D eigenvalue weighted by Gasteiger charge is -2.18. The van der Waals surface area contributed by atoms with Crippen LogP contribution in [-0.4, -0.2) is 34.6 Å². The van der Waals surface area contributed by atoms with Gasteiger partial charge in [-0.2, -0.15) is 4.99 Å². The Morgan fingerprint density at radius 2 is 1.92 bits per heavy atom. The van der Waals surface area contributed by atoms with E-state index in [1.165, 1.54) is 12.8 Å². The highest BCUT2D eigenvalue weighted by Crippen LogP contribution is 2.23. The van der Waals surface area contributed by atoms with E-state index in [1.807, 2.05) is 30.3 Å². The summed E-state index contributed by atoms with van der Waals surface area (Å²) in [5.74, 6) is -0.619. The van der Waals surface area contributed by atoms with Crippen molar-refractivity contribution in [2.24, 2.45) is 15.7 Å². The minimum absolute atomic E-state index is 0.0546. The predicted molar refractivity (Wildman–Crippen MR) is 96.1 cm³/mol. The Labute approximate surface area is 145 Å².